The third-order valence-electron chi connectivity index (χ3n) is 3.21. The van der Waals surface area contributed by atoms with Gasteiger partial charge in [-0.05, 0) is 39.2 Å². The van der Waals surface area contributed by atoms with Crippen molar-refractivity contribution in [2.24, 2.45) is 5.41 Å². The minimum absolute atomic E-state index is 0.265. The second-order valence-corrected chi connectivity index (χ2v) is 6.53. The summed E-state index contributed by atoms with van der Waals surface area (Å²) >= 11 is 9.48. The number of nitriles is 1. The summed E-state index contributed by atoms with van der Waals surface area (Å²) in [7, 11) is 1.60. The number of hydrogen-bond acceptors (Lipinski definition) is 3. The van der Waals surface area contributed by atoms with Crippen LogP contribution in [0.2, 0.25) is 5.02 Å². The fourth-order valence-electron chi connectivity index (χ4n) is 1.94. The van der Waals surface area contributed by atoms with E-state index in [2.05, 4.69) is 22.0 Å². The molecule has 0 aromatic heterocycles. The number of methoxy groups -OCH3 is 1. The van der Waals surface area contributed by atoms with Crippen LogP contribution in [0.15, 0.2) is 12.1 Å². The Morgan fingerprint density at radius 3 is 2.62 bits per heavy atom. The maximum Gasteiger partial charge on any atom is 0.165 e. The lowest BCUT2D eigenvalue weighted by molar-refractivity contribution is 0.276. The van der Waals surface area contributed by atoms with Gasteiger partial charge in [0.15, 0.2) is 11.5 Å². The van der Waals surface area contributed by atoms with Gasteiger partial charge in [0.1, 0.15) is 0 Å². The molecule has 0 spiro atoms. The van der Waals surface area contributed by atoms with Gasteiger partial charge in [0.05, 0.1) is 25.2 Å². The Bertz CT molecular complexity index is 486. The molecule has 0 heterocycles. The van der Waals surface area contributed by atoms with E-state index in [-0.39, 0.29) is 5.41 Å². The van der Waals surface area contributed by atoms with Crippen LogP contribution in [0, 0.1) is 16.7 Å². The minimum atomic E-state index is -0.265. The van der Waals surface area contributed by atoms with Gasteiger partial charge in [-0.25, -0.2) is 0 Å². The summed E-state index contributed by atoms with van der Waals surface area (Å²) in [6.45, 7) is 4.51. The molecule has 0 aliphatic heterocycles. The Hall–Kier alpha value is -0.920. The molecule has 0 unspecified atom stereocenters. The van der Waals surface area contributed by atoms with Crippen LogP contribution in [-0.4, -0.2) is 13.7 Å². The average Bonchev–Trinajstić information content (AvgIpc) is 2.47. The van der Waals surface area contributed by atoms with E-state index in [9.17, 15) is 0 Å². The molecule has 1 rings (SSSR count). The van der Waals surface area contributed by atoms with E-state index in [4.69, 9.17) is 26.3 Å². The number of unbranched alkanes of at least 4 members (excludes halogenated alkanes) is 1. The van der Waals surface area contributed by atoms with Crippen molar-refractivity contribution >= 4 is 27.5 Å². The Morgan fingerprint density at radius 1 is 1.33 bits per heavy atom. The normalized spacial score (nSPS) is 11.0. The quantitative estimate of drug-likeness (QED) is 0.455. The molecule has 3 nitrogen and oxygen atoms in total. The zero-order valence-electron chi connectivity index (χ0n) is 12.7. The molecule has 0 radical (unpaired) electrons. The molecule has 116 valence electrons. The monoisotopic (exact) mass is 373 g/mol. The Balaban J connectivity index is 2.58. The van der Waals surface area contributed by atoms with Gasteiger partial charge in [-0.1, -0.05) is 27.5 Å². The predicted octanol–water partition coefficient (Wildman–Crippen LogP) is 5.34. The zero-order chi connectivity index (χ0) is 15.9. The molecule has 0 atom stereocenters. The first-order valence-electron chi connectivity index (χ1n) is 6.90. The molecule has 0 aliphatic carbocycles. The molecule has 0 fully saturated rings. The number of nitrogens with zero attached hydrogens (tertiary/aromatic N) is 1. The average molecular weight is 375 g/mol. The van der Waals surface area contributed by atoms with Gasteiger partial charge in [-0.2, -0.15) is 5.26 Å². The van der Waals surface area contributed by atoms with E-state index in [0.29, 0.717) is 22.7 Å². The molecule has 0 saturated carbocycles. The van der Waals surface area contributed by atoms with Gasteiger partial charge in [0.25, 0.3) is 0 Å². The summed E-state index contributed by atoms with van der Waals surface area (Å²) in [4.78, 5) is 0. The van der Waals surface area contributed by atoms with E-state index in [1.165, 1.54) is 0 Å². The number of alkyl halides is 1. The Labute approximate surface area is 140 Å². The number of rotatable bonds is 8. The van der Waals surface area contributed by atoms with Crippen LogP contribution in [0.5, 0.6) is 11.5 Å². The van der Waals surface area contributed by atoms with Crippen molar-refractivity contribution < 1.29 is 9.47 Å². The second kappa shape index (κ2) is 8.51. The van der Waals surface area contributed by atoms with E-state index in [1.807, 2.05) is 19.9 Å². The smallest absolute Gasteiger partial charge is 0.165 e. The van der Waals surface area contributed by atoms with Gasteiger partial charge < -0.3 is 9.47 Å². The molecule has 0 N–H and O–H groups in total. The highest BCUT2D eigenvalue weighted by atomic mass is 79.9. The van der Waals surface area contributed by atoms with Crippen LogP contribution in [0.4, 0.5) is 0 Å². The van der Waals surface area contributed by atoms with Gasteiger partial charge in [0.2, 0.25) is 0 Å². The van der Waals surface area contributed by atoms with Crippen LogP contribution in [0.1, 0.15) is 38.7 Å². The largest absolute Gasteiger partial charge is 0.493 e. The maximum atomic E-state index is 8.98. The standard InChI is InChI=1S/C16H21BrClNO2/c1-16(2,11-19)6-4-5-7-21-15-12(10-17)8-13(18)9-14(15)20-3/h8-9H,4-7,10H2,1-3H3. The predicted molar refractivity (Wildman–Crippen MR) is 89.4 cm³/mol. The second-order valence-electron chi connectivity index (χ2n) is 5.53. The fourth-order valence-corrected chi connectivity index (χ4v) is 2.58. The van der Waals surface area contributed by atoms with Crippen molar-refractivity contribution in [2.75, 3.05) is 13.7 Å². The SMILES string of the molecule is COc1cc(Cl)cc(CBr)c1OCCCCC(C)(C)C#N. The molecule has 1 aromatic carbocycles. The fraction of sp³-hybridized carbons (Fsp3) is 0.562. The third kappa shape index (κ3) is 5.76. The number of benzene rings is 1. The molecule has 5 heteroatoms. The van der Waals surface area contributed by atoms with Crippen molar-refractivity contribution in [3.63, 3.8) is 0 Å². The topological polar surface area (TPSA) is 42.2 Å². The number of ether oxygens (including phenoxy) is 2. The first-order chi connectivity index (χ1) is 9.93. The molecule has 0 bridgehead atoms. The van der Waals surface area contributed by atoms with Crippen LogP contribution in [0.3, 0.4) is 0 Å². The molecular formula is C16H21BrClNO2. The van der Waals surface area contributed by atoms with E-state index >= 15 is 0 Å². The van der Waals surface area contributed by atoms with Crippen molar-refractivity contribution in [1.82, 2.24) is 0 Å². The van der Waals surface area contributed by atoms with E-state index < -0.39 is 0 Å². The van der Waals surface area contributed by atoms with Gasteiger partial charge in [-0.3, -0.25) is 0 Å². The minimum Gasteiger partial charge on any atom is -0.493 e. The highest BCUT2D eigenvalue weighted by Gasteiger charge is 2.16. The molecule has 0 aliphatic rings. The summed E-state index contributed by atoms with van der Waals surface area (Å²) in [5.41, 5.74) is 0.704. The maximum absolute atomic E-state index is 8.98. The first-order valence-corrected chi connectivity index (χ1v) is 8.40. The Kier molecular flexibility index (Phi) is 7.34. The van der Waals surface area contributed by atoms with Gasteiger partial charge in [0, 0.05) is 22.0 Å². The molecule has 21 heavy (non-hydrogen) atoms. The van der Waals surface area contributed by atoms with Crippen LogP contribution < -0.4 is 9.47 Å². The van der Waals surface area contributed by atoms with E-state index in [0.717, 1.165) is 30.6 Å². The molecule has 1 aromatic rings. The summed E-state index contributed by atoms with van der Waals surface area (Å²) < 4.78 is 11.2. The lowest BCUT2D eigenvalue weighted by atomic mass is 9.89. The first kappa shape index (κ1) is 18.1. The Morgan fingerprint density at radius 2 is 2.05 bits per heavy atom. The van der Waals surface area contributed by atoms with Crippen LogP contribution in [0.25, 0.3) is 0 Å². The highest BCUT2D eigenvalue weighted by molar-refractivity contribution is 9.08. The summed E-state index contributed by atoms with van der Waals surface area (Å²) in [5, 5.41) is 10.3. The van der Waals surface area contributed by atoms with E-state index in [1.54, 1.807) is 13.2 Å². The zero-order valence-corrected chi connectivity index (χ0v) is 15.1. The number of hydrogen-bond donors (Lipinski definition) is 0. The van der Waals surface area contributed by atoms with Gasteiger partial charge in [-0.15, -0.1) is 0 Å². The highest BCUT2D eigenvalue weighted by Crippen LogP contribution is 2.36. The molecule has 0 amide bonds. The van der Waals surface area contributed by atoms with Crippen molar-refractivity contribution in [1.29, 1.82) is 5.26 Å². The lowest BCUT2D eigenvalue weighted by Gasteiger charge is -2.16. The number of halogens is 2. The summed E-state index contributed by atoms with van der Waals surface area (Å²) in [5.74, 6) is 1.38. The molecule has 0 saturated heterocycles. The third-order valence-corrected chi connectivity index (χ3v) is 4.03. The van der Waals surface area contributed by atoms with Crippen LogP contribution >= 0.6 is 27.5 Å². The van der Waals surface area contributed by atoms with Crippen molar-refractivity contribution in [2.45, 2.75) is 38.4 Å². The molecular weight excluding hydrogens is 354 g/mol. The summed E-state index contributed by atoms with van der Waals surface area (Å²) in [6, 6.07) is 5.93. The summed E-state index contributed by atoms with van der Waals surface area (Å²) in [6.07, 6.45) is 2.73. The lowest BCUT2D eigenvalue weighted by Crippen LogP contribution is -2.09. The van der Waals surface area contributed by atoms with Crippen LogP contribution in [-0.2, 0) is 5.33 Å². The van der Waals surface area contributed by atoms with Gasteiger partial charge >= 0.3 is 0 Å². The van der Waals surface area contributed by atoms with Crippen molar-refractivity contribution in [3.8, 4) is 17.6 Å². The van der Waals surface area contributed by atoms with Crippen molar-refractivity contribution in [3.05, 3.63) is 22.7 Å².